The average Bonchev–Trinajstić information content (AvgIpc) is 2.46. The highest BCUT2D eigenvalue weighted by Crippen LogP contribution is 2.36. The van der Waals surface area contributed by atoms with Crippen LogP contribution in [0, 0.1) is 0 Å². The van der Waals surface area contributed by atoms with Crippen LogP contribution in [0.2, 0.25) is 5.02 Å². The predicted octanol–water partition coefficient (Wildman–Crippen LogP) is 4.17. The van der Waals surface area contributed by atoms with E-state index in [0.717, 1.165) is 12.1 Å². The first-order valence-electron chi connectivity index (χ1n) is 6.18. The first-order valence-corrected chi connectivity index (χ1v) is 8.04. The van der Waals surface area contributed by atoms with Gasteiger partial charge in [0.2, 0.25) is 0 Å². The molecule has 1 N–H and O–H groups in total. The van der Waals surface area contributed by atoms with Gasteiger partial charge in [0, 0.05) is 0 Å². The van der Waals surface area contributed by atoms with Gasteiger partial charge in [0.1, 0.15) is 10.6 Å². The maximum absolute atomic E-state index is 12.8. The molecule has 0 saturated heterocycles. The number of rotatable bonds is 4. The third-order valence-corrected chi connectivity index (χ3v) is 4.76. The smallest absolute Gasteiger partial charge is 0.416 e. The van der Waals surface area contributed by atoms with Gasteiger partial charge in [-0.1, -0.05) is 23.7 Å². The molecule has 0 radical (unpaired) electrons. The van der Waals surface area contributed by atoms with E-state index in [0.29, 0.717) is 6.07 Å². The van der Waals surface area contributed by atoms with E-state index in [9.17, 15) is 21.6 Å². The Morgan fingerprint density at radius 1 is 1.13 bits per heavy atom. The number of benzene rings is 2. The number of alkyl halides is 3. The third-order valence-electron chi connectivity index (χ3n) is 2.90. The van der Waals surface area contributed by atoms with E-state index in [1.807, 2.05) is 0 Å². The largest absolute Gasteiger partial charge is 0.495 e. The number of methoxy groups -OCH3 is 1. The van der Waals surface area contributed by atoms with Crippen LogP contribution in [0.15, 0.2) is 47.4 Å². The molecular formula is C14H11ClF3NO3S. The third kappa shape index (κ3) is 3.89. The predicted molar refractivity (Wildman–Crippen MR) is 80.3 cm³/mol. The Labute approximate surface area is 135 Å². The Hall–Kier alpha value is -1.93. The topological polar surface area (TPSA) is 55.4 Å². The summed E-state index contributed by atoms with van der Waals surface area (Å²) in [5.74, 6) is -0.0476. The van der Waals surface area contributed by atoms with Gasteiger partial charge in [0.25, 0.3) is 10.0 Å². The molecule has 0 bridgehead atoms. The number of hydrogen-bond donors (Lipinski definition) is 1. The molecular weight excluding hydrogens is 355 g/mol. The molecule has 23 heavy (non-hydrogen) atoms. The molecule has 2 aromatic rings. The Bertz CT molecular complexity index is 822. The molecule has 0 aliphatic rings. The van der Waals surface area contributed by atoms with Crippen molar-refractivity contribution >= 4 is 27.3 Å². The standard InChI is InChI=1S/C14H11ClF3NO3S/c1-22-12-7-6-9(14(16,17)18)8-11(12)19-23(20,21)13-5-3-2-4-10(13)15/h2-8,19H,1H3. The van der Waals surface area contributed by atoms with Gasteiger partial charge in [-0.3, -0.25) is 4.72 Å². The second-order valence-corrected chi connectivity index (χ2v) is 6.51. The highest BCUT2D eigenvalue weighted by Gasteiger charge is 2.32. The van der Waals surface area contributed by atoms with Gasteiger partial charge in [0.05, 0.1) is 23.4 Å². The van der Waals surface area contributed by atoms with Crippen molar-refractivity contribution in [3.63, 3.8) is 0 Å². The fourth-order valence-corrected chi connectivity index (χ4v) is 3.41. The molecule has 124 valence electrons. The van der Waals surface area contributed by atoms with Crippen LogP contribution in [0.1, 0.15) is 5.56 Å². The molecule has 0 fully saturated rings. The number of anilines is 1. The van der Waals surface area contributed by atoms with Crippen LogP contribution in [-0.2, 0) is 16.2 Å². The van der Waals surface area contributed by atoms with Gasteiger partial charge in [-0.15, -0.1) is 0 Å². The number of halogens is 4. The van der Waals surface area contributed by atoms with Crippen molar-refractivity contribution in [2.75, 3.05) is 11.8 Å². The number of nitrogens with one attached hydrogen (secondary N) is 1. The van der Waals surface area contributed by atoms with Crippen LogP contribution in [0.3, 0.4) is 0 Å². The Morgan fingerprint density at radius 2 is 1.78 bits per heavy atom. The van der Waals surface area contributed by atoms with Gasteiger partial charge in [-0.25, -0.2) is 8.42 Å². The Morgan fingerprint density at radius 3 is 2.35 bits per heavy atom. The molecule has 9 heteroatoms. The molecule has 4 nitrogen and oxygen atoms in total. The molecule has 0 heterocycles. The molecule has 0 amide bonds. The lowest BCUT2D eigenvalue weighted by Crippen LogP contribution is -2.15. The number of ether oxygens (including phenoxy) is 1. The summed E-state index contributed by atoms with van der Waals surface area (Å²) < 4.78 is 70.0. The van der Waals surface area contributed by atoms with Gasteiger partial charge in [0.15, 0.2) is 0 Å². The van der Waals surface area contributed by atoms with Gasteiger partial charge in [-0.2, -0.15) is 13.2 Å². The quantitative estimate of drug-likeness (QED) is 0.884. The second-order valence-electron chi connectivity index (χ2n) is 4.45. The maximum atomic E-state index is 12.8. The molecule has 0 spiro atoms. The van der Waals surface area contributed by atoms with E-state index in [-0.39, 0.29) is 21.4 Å². The number of hydrogen-bond acceptors (Lipinski definition) is 3. The Balaban J connectivity index is 2.48. The highest BCUT2D eigenvalue weighted by molar-refractivity contribution is 7.92. The lowest BCUT2D eigenvalue weighted by atomic mass is 10.2. The fraction of sp³-hybridized carbons (Fsp3) is 0.143. The van der Waals surface area contributed by atoms with Gasteiger partial charge >= 0.3 is 6.18 Å². The second kappa shape index (κ2) is 6.29. The van der Waals surface area contributed by atoms with Crippen molar-refractivity contribution < 1.29 is 26.3 Å². The summed E-state index contributed by atoms with van der Waals surface area (Å²) in [7, 11) is -2.95. The van der Waals surface area contributed by atoms with E-state index in [4.69, 9.17) is 16.3 Å². The van der Waals surface area contributed by atoms with Crippen LogP contribution >= 0.6 is 11.6 Å². The fourth-order valence-electron chi connectivity index (χ4n) is 1.83. The summed E-state index contributed by atoms with van der Waals surface area (Å²) in [6.07, 6.45) is -4.61. The lowest BCUT2D eigenvalue weighted by Gasteiger charge is -2.15. The zero-order chi connectivity index (χ0) is 17.3. The van der Waals surface area contributed by atoms with E-state index in [1.54, 1.807) is 0 Å². The number of sulfonamides is 1. The molecule has 0 unspecified atom stereocenters. The van der Waals surface area contributed by atoms with Gasteiger partial charge < -0.3 is 4.74 Å². The van der Waals surface area contributed by atoms with Crippen molar-refractivity contribution in [2.45, 2.75) is 11.1 Å². The van der Waals surface area contributed by atoms with Gasteiger partial charge in [-0.05, 0) is 30.3 Å². The lowest BCUT2D eigenvalue weighted by molar-refractivity contribution is -0.137. The zero-order valence-corrected chi connectivity index (χ0v) is 13.3. The maximum Gasteiger partial charge on any atom is 0.416 e. The molecule has 0 aliphatic heterocycles. The molecule has 2 aromatic carbocycles. The average molecular weight is 366 g/mol. The summed E-state index contributed by atoms with van der Waals surface area (Å²) in [4.78, 5) is -0.249. The van der Waals surface area contributed by atoms with E-state index in [2.05, 4.69) is 4.72 Å². The summed E-state index contributed by atoms with van der Waals surface area (Å²) in [5, 5.41) is -0.0501. The first kappa shape index (κ1) is 17.4. The molecule has 0 atom stereocenters. The molecule has 0 aliphatic carbocycles. The molecule has 2 rings (SSSR count). The monoisotopic (exact) mass is 365 g/mol. The SMILES string of the molecule is COc1ccc(C(F)(F)F)cc1NS(=O)(=O)c1ccccc1Cl. The molecule has 0 aromatic heterocycles. The summed E-state index contributed by atoms with van der Waals surface area (Å²) in [6, 6.07) is 8.08. The minimum absolute atomic E-state index is 0.0476. The van der Waals surface area contributed by atoms with E-state index >= 15 is 0 Å². The normalized spacial score (nSPS) is 12.0. The Kier molecular flexibility index (Phi) is 4.76. The first-order chi connectivity index (χ1) is 10.6. The van der Waals surface area contributed by atoms with Crippen LogP contribution in [-0.4, -0.2) is 15.5 Å². The van der Waals surface area contributed by atoms with E-state index < -0.39 is 21.8 Å². The highest BCUT2D eigenvalue weighted by atomic mass is 35.5. The zero-order valence-electron chi connectivity index (χ0n) is 11.7. The van der Waals surface area contributed by atoms with Crippen molar-refractivity contribution in [3.8, 4) is 5.75 Å². The van der Waals surface area contributed by atoms with Crippen LogP contribution in [0.25, 0.3) is 0 Å². The van der Waals surface area contributed by atoms with Crippen molar-refractivity contribution in [2.24, 2.45) is 0 Å². The summed E-state index contributed by atoms with van der Waals surface area (Å²) >= 11 is 5.82. The minimum atomic E-state index is -4.61. The van der Waals surface area contributed by atoms with Crippen LogP contribution in [0.5, 0.6) is 5.75 Å². The minimum Gasteiger partial charge on any atom is -0.495 e. The summed E-state index contributed by atoms with van der Waals surface area (Å²) in [6.45, 7) is 0. The van der Waals surface area contributed by atoms with Crippen molar-refractivity contribution in [1.29, 1.82) is 0 Å². The molecule has 0 saturated carbocycles. The van der Waals surface area contributed by atoms with Crippen molar-refractivity contribution in [1.82, 2.24) is 0 Å². The van der Waals surface area contributed by atoms with Crippen LogP contribution in [0.4, 0.5) is 18.9 Å². The van der Waals surface area contributed by atoms with Crippen molar-refractivity contribution in [3.05, 3.63) is 53.1 Å². The van der Waals surface area contributed by atoms with E-state index in [1.165, 1.54) is 31.4 Å². The summed E-state index contributed by atoms with van der Waals surface area (Å²) in [5.41, 5.74) is -1.34. The van der Waals surface area contributed by atoms with Crippen LogP contribution < -0.4 is 9.46 Å².